The van der Waals surface area contributed by atoms with Crippen molar-refractivity contribution in [3.8, 4) is 5.75 Å². The van der Waals surface area contributed by atoms with Gasteiger partial charge in [-0.3, -0.25) is 15.0 Å². The highest BCUT2D eigenvalue weighted by Gasteiger charge is 2.39. The van der Waals surface area contributed by atoms with Crippen molar-refractivity contribution in [1.29, 1.82) is 0 Å². The van der Waals surface area contributed by atoms with Crippen LogP contribution in [0, 0.1) is 12.8 Å². The molecule has 176 valence electrons. The SMILES string of the molecule is COc1ccc(C)cc1NC(=O)OC1CC2CCCC(C1)N2CCCC(=O)C1CCCC1. The molecule has 3 aliphatic rings. The van der Waals surface area contributed by atoms with Crippen LogP contribution in [0.15, 0.2) is 18.2 Å². The summed E-state index contributed by atoms with van der Waals surface area (Å²) in [5.41, 5.74) is 1.69. The fraction of sp³-hybridized carbons (Fsp3) is 0.692. The molecular formula is C26H38N2O4. The van der Waals surface area contributed by atoms with E-state index in [0.29, 0.717) is 35.2 Å². The molecule has 1 saturated carbocycles. The number of ether oxygens (including phenoxy) is 2. The van der Waals surface area contributed by atoms with Gasteiger partial charge in [0.15, 0.2) is 0 Å². The van der Waals surface area contributed by atoms with Gasteiger partial charge in [-0.05, 0) is 63.3 Å². The Hall–Kier alpha value is -2.08. The van der Waals surface area contributed by atoms with Crippen molar-refractivity contribution < 1.29 is 19.1 Å². The number of piperidine rings is 2. The predicted molar refractivity (Wildman–Crippen MR) is 125 cm³/mol. The summed E-state index contributed by atoms with van der Waals surface area (Å²) in [7, 11) is 1.60. The molecule has 1 aliphatic carbocycles. The number of nitrogens with zero attached hydrogens (tertiary/aromatic N) is 1. The van der Waals surface area contributed by atoms with Crippen LogP contribution in [0.3, 0.4) is 0 Å². The van der Waals surface area contributed by atoms with Gasteiger partial charge in [0.05, 0.1) is 12.8 Å². The quantitative estimate of drug-likeness (QED) is 0.578. The number of carbonyl (C=O) groups excluding carboxylic acids is 2. The van der Waals surface area contributed by atoms with Gasteiger partial charge in [0.25, 0.3) is 0 Å². The van der Waals surface area contributed by atoms with Gasteiger partial charge in [0.2, 0.25) is 0 Å². The fourth-order valence-electron chi connectivity index (χ4n) is 5.99. The van der Waals surface area contributed by atoms with Crippen molar-refractivity contribution in [2.24, 2.45) is 5.92 Å². The zero-order valence-corrected chi connectivity index (χ0v) is 19.6. The molecular weight excluding hydrogens is 404 g/mol. The second kappa shape index (κ2) is 10.7. The highest BCUT2D eigenvalue weighted by Crippen LogP contribution is 2.36. The van der Waals surface area contributed by atoms with Crippen molar-refractivity contribution >= 4 is 17.6 Å². The Labute approximate surface area is 192 Å². The Bertz CT molecular complexity index is 791. The summed E-state index contributed by atoms with van der Waals surface area (Å²) < 4.78 is 11.2. The lowest BCUT2D eigenvalue weighted by Gasteiger charge is -2.48. The van der Waals surface area contributed by atoms with E-state index < -0.39 is 6.09 Å². The summed E-state index contributed by atoms with van der Waals surface area (Å²) in [5.74, 6) is 1.44. The topological polar surface area (TPSA) is 67.9 Å². The second-order valence-electron chi connectivity index (χ2n) is 9.86. The third-order valence-electron chi connectivity index (χ3n) is 7.60. The molecule has 1 aromatic carbocycles. The minimum atomic E-state index is -0.410. The van der Waals surface area contributed by atoms with Gasteiger partial charge in [0.1, 0.15) is 17.6 Å². The van der Waals surface area contributed by atoms with Crippen LogP contribution in [-0.4, -0.2) is 48.6 Å². The molecule has 1 amide bonds. The highest BCUT2D eigenvalue weighted by atomic mass is 16.6. The average molecular weight is 443 g/mol. The van der Waals surface area contributed by atoms with E-state index >= 15 is 0 Å². The molecule has 2 atom stereocenters. The monoisotopic (exact) mass is 442 g/mol. The van der Waals surface area contributed by atoms with Crippen molar-refractivity contribution in [2.75, 3.05) is 19.0 Å². The normalized spacial score (nSPS) is 26.0. The first-order chi connectivity index (χ1) is 15.5. The van der Waals surface area contributed by atoms with E-state index in [1.54, 1.807) is 7.11 Å². The lowest BCUT2D eigenvalue weighted by molar-refractivity contribution is -0.123. The molecule has 0 radical (unpaired) electrons. The highest BCUT2D eigenvalue weighted by molar-refractivity contribution is 5.87. The molecule has 0 aromatic heterocycles. The molecule has 4 rings (SSSR count). The number of benzene rings is 1. The smallest absolute Gasteiger partial charge is 0.412 e. The summed E-state index contributed by atoms with van der Waals surface area (Å²) in [4.78, 5) is 27.6. The van der Waals surface area contributed by atoms with Crippen LogP contribution in [0.2, 0.25) is 0 Å². The molecule has 6 nitrogen and oxygen atoms in total. The maximum atomic E-state index is 12.6. The van der Waals surface area contributed by atoms with E-state index in [-0.39, 0.29) is 6.10 Å². The van der Waals surface area contributed by atoms with Gasteiger partial charge in [-0.25, -0.2) is 4.79 Å². The molecule has 0 spiro atoms. The summed E-state index contributed by atoms with van der Waals surface area (Å²) in [6.07, 6.45) is 11.2. The first kappa shape index (κ1) is 23.1. The first-order valence-electron chi connectivity index (χ1n) is 12.4. The molecule has 2 saturated heterocycles. The molecule has 1 aromatic rings. The molecule has 2 unspecified atom stereocenters. The molecule has 2 heterocycles. The second-order valence-corrected chi connectivity index (χ2v) is 9.86. The number of hydrogen-bond acceptors (Lipinski definition) is 5. The number of rotatable bonds is 8. The molecule has 6 heteroatoms. The number of methoxy groups -OCH3 is 1. The van der Waals surface area contributed by atoms with Gasteiger partial charge in [0, 0.05) is 37.3 Å². The number of hydrogen-bond donors (Lipinski definition) is 1. The van der Waals surface area contributed by atoms with Crippen molar-refractivity contribution in [3.63, 3.8) is 0 Å². The number of nitrogens with one attached hydrogen (secondary N) is 1. The number of amides is 1. The maximum absolute atomic E-state index is 12.6. The zero-order valence-electron chi connectivity index (χ0n) is 19.6. The first-order valence-corrected chi connectivity index (χ1v) is 12.4. The summed E-state index contributed by atoms with van der Waals surface area (Å²) >= 11 is 0. The van der Waals surface area contributed by atoms with Crippen LogP contribution < -0.4 is 10.1 Å². The van der Waals surface area contributed by atoms with E-state index in [4.69, 9.17) is 9.47 Å². The maximum Gasteiger partial charge on any atom is 0.412 e. The van der Waals surface area contributed by atoms with E-state index in [2.05, 4.69) is 10.2 Å². The molecule has 2 aliphatic heterocycles. The van der Waals surface area contributed by atoms with Crippen LogP contribution in [0.4, 0.5) is 10.5 Å². The summed E-state index contributed by atoms with van der Waals surface area (Å²) in [6.45, 7) is 2.97. The molecule has 32 heavy (non-hydrogen) atoms. The standard InChI is InChI=1S/C26H38N2O4/c1-18-12-13-25(31-2)23(15-18)27-26(30)32-22-16-20-9-5-10-21(17-22)28(20)14-6-11-24(29)19-7-3-4-8-19/h12-13,15,19-22H,3-11,14,16-17H2,1-2H3,(H,27,30). The van der Waals surface area contributed by atoms with Crippen molar-refractivity contribution in [2.45, 2.75) is 95.7 Å². The van der Waals surface area contributed by atoms with Crippen LogP contribution in [0.25, 0.3) is 0 Å². The van der Waals surface area contributed by atoms with Gasteiger partial charge < -0.3 is 9.47 Å². The Morgan fingerprint density at radius 1 is 1.06 bits per heavy atom. The Balaban J connectivity index is 1.27. The van der Waals surface area contributed by atoms with Crippen LogP contribution >= 0.6 is 0 Å². The third-order valence-corrected chi connectivity index (χ3v) is 7.60. The number of fused-ring (bicyclic) bond motifs is 2. The van der Waals surface area contributed by atoms with E-state index in [1.807, 2.05) is 25.1 Å². The van der Waals surface area contributed by atoms with Crippen molar-refractivity contribution in [3.05, 3.63) is 23.8 Å². The van der Waals surface area contributed by atoms with Gasteiger partial charge >= 0.3 is 6.09 Å². The third kappa shape index (κ3) is 5.64. The Kier molecular flexibility index (Phi) is 7.71. The Morgan fingerprint density at radius 3 is 2.47 bits per heavy atom. The van der Waals surface area contributed by atoms with Crippen LogP contribution in [0.5, 0.6) is 5.75 Å². The molecule has 2 bridgehead atoms. The van der Waals surface area contributed by atoms with E-state index in [9.17, 15) is 9.59 Å². The number of ketones is 1. The number of Topliss-reactive ketones (excluding diaryl/α,β-unsaturated/α-hetero) is 1. The minimum Gasteiger partial charge on any atom is -0.495 e. The molecule has 1 N–H and O–H groups in total. The van der Waals surface area contributed by atoms with Crippen LogP contribution in [0.1, 0.15) is 76.2 Å². The van der Waals surface area contributed by atoms with Gasteiger partial charge in [-0.1, -0.05) is 25.3 Å². The predicted octanol–water partition coefficient (Wildman–Crippen LogP) is 5.48. The molecule has 3 fully saturated rings. The lowest BCUT2D eigenvalue weighted by Crippen LogP contribution is -2.54. The lowest BCUT2D eigenvalue weighted by atomic mass is 9.82. The van der Waals surface area contributed by atoms with Gasteiger partial charge in [-0.2, -0.15) is 0 Å². The van der Waals surface area contributed by atoms with Crippen molar-refractivity contribution in [1.82, 2.24) is 4.90 Å². The number of carbonyl (C=O) groups is 2. The fourth-order valence-corrected chi connectivity index (χ4v) is 5.99. The number of anilines is 1. The number of aryl methyl sites for hydroxylation is 1. The minimum absolute atomic E-state index is 0.0579. The zero-order chi connectivity index (χ0) is 22.5. The Morgan fingerprint density at radius 2 is 1.78 bits per heavy atom. The average Bonchev–Trinajstić information content (AvgIpc) is 3.29. The van der Waals surface area contributed by atoms with E-state index in [1.165, 1.54) is 19.3 Å². The summed E-state index contributed by atoms with van der Waals surface area (Å²) in [5, 5.41) is 2.86. The van der Waals surface area contributed by atoms with Gasteiger partial charge in [-0.15, -0.1) is 0 Å². The summed E-state index contributed by atoms with van der Waals surface area (Å²) in [6, 6.07) is 6.61. The largest absolute Gasteiger partial charge is 0.495 e. The van der Waals surface area contributed by atoms with E-state index in [0.717, 1.165) is 63.5 Å². The van der Waals surface area contributed by atoms with Crippen LogP contribution in [-0.2, 0) is 9.53 Å².